The average Bonchev–Trinajstić information content (AvgIpc) is 2.34. The Labute approximate surface area is 127 Å². The van der Waals surface area contributed by atoms with Crippen LogP contribution in [0.2, 0.25) is 0 Å². The smallest absolute Gasteiger partial charge is 0.124 e. The second kappa shape index (κ2) is 6.56. The molecule has 0 saturated heterocycles. The van der Waals surface area contributed by atoms with Gasteiger partial charge in [-0.3, -0.25) is 16.3 Å². The molecule has 1 heterocycles. The molecular weight excluding hydrogens is 377 g/mol. The van der Waals surface area contributed by atoms with Gasteiger partial charge in [0.05, 0.1) is 6.04 Å². The minimum atomic E-state index is -0.294. The molecule has 1 aromatic carbocycles. The summed E-state index contributed by atoms with van der Waals surface area (Å²) in [5.74, 6) is 5.28. The van der Waals surface area contributed by atoms with Crippen molar-refractivity contribution in [3.8, 4) is 0 Å². The number of hydrazine groups is 1. The number of benzene rings is 1. The van der Waals surface area contributed by atoms with E-state index in [4.69, 9.17) is 5.84 Å². The van der Waals surface area contributed by atoms with Crippen molar-refractivity contribution in [3.63, 3.8) is 0 Å². The van der Waals surface area contributed by atoms with Gasteiger partial charge in [0.1, 0.15) is 5.82 Å². The van der Waals surface area contributed by atoms with Crippen LogP contribution >= 0.6 is 31.9 Å². The van der Waals surface area contributed by atoms with Crippen molar-refractivity contribution in [1.29, 1.82) is 0 Å². The van der Waals surface area contributed by atoms with Crippen LogP contribution in [-0.2, 0) is 6.42 Å². The Morgan fingerprint density at radius 3 is 2.58 bits per heavy atom. The zero-order chi connectivity index (χ0) is 13.8. The molecule has 19 heavy (non-hydrogen) atoms. The Hall–Kier alpha value is -0.820. The first-order valence-corrected chi connectivity index (χ1v) is 7.18. The Bertz CT molecular complexity index is 557. The number of hydrogen-bond acceptors (Lipinski definition) is 3. The minimum Gasteiger partial charge on any atom is -0.271 e. The van der Waals surface area contributed by atoms with Gasteiger partial charge in [0.15, 0.2) is 0 Å². The number of hydrogen-bond donors (Lipinski definition) is 2. The summed E-state index contributed by atoms with van der Waals surface area (Å²) >= 11 is 6.65. The number of pyridine rings is 1. The van der Waals surface area contributed by atoms with Gasteiger partial charge in [0, 0.05) is 21.3 Å². The van der Waals surface area contributed by atoms with Gasteiger partial charge in [-0.15, -0.1) is 0 Å². The summed E-state index contributed by atoms with van der Waals surface area (Å²) in [5, 5.41) is 0. The second-order valence-corrected chi connectivity index (χ2v) is 5.97. The van der Waals surface area contributed by atoms with Gasteiger partial charge in [0.2, 0.25) is 0 Å². The topological polar surface area (TPSA) is 50.9 Å². The molecule has 3 nitrogen and oxygen atoms in total. The standard InChI is InChI=1S/C13H12Br2FN3/c14-10-3-9(4-12(16)5-10)13(19-17)2-8-1-11(15)7-18-6-8/h1,3-7,13,19H,2,17H2. The Morgan fingerprint density at radius 1 is 1.16 bits per heavy atom. The molecule has 1 aromatic heterocycles. The molecule has 0 amide bonds. The fourth-order valence-corrected chi connectivity index (χ4v) is 2.75. The van der Waals surface area contributed by atoms with Crippen LogP contribution in [0.3, 0.4) is 0 Å². The molecule has 0 spiro atoms. The molecular formula is C13H12Br2FN3. The van der Waals surface area contributed by atoms with Crippen molar-refractivity contribution in [2.45, 2.75) is 12.5 Å². The lowest BCUT2D eigenvalue weighted by atomic mass is 10.0. The van der Waals surface area contributed by atoms with E-state index in [1.54, 1.807) is 12.4 Å². The van der Waals surface area contributed by atoms with Crippen LogP contribution in [0.4, 0.5) is 4.39 Å². The average molecular weight is 389 g/mol. The van der Waals surface area contributed by atoms with Gasteiger partial charge in [-0.2, -0.15) is 0 Å². The molecule has 1 atom stereocenters. The van der Waals surface area contributed by atoms with Gasteiger partial charge in [-0.25, -0.2) is 4.39 Å². The summed E-state index contributed by atoms with van der Waals surface area (Å²) in [6, 6.07) is 6.52. The first-order chi connectivity index (χ1) is 9.08. The predicted molar refractivity (Wildman–Crippen MR) is 79.8 cm³/mol. The zero-order valence-corrected chi connectivity index (χ0v) is 13.1. The highest BCUT2D eigenvalue weighted by molar-refractivity contribution is 9.10. The van der Waals surface area contributed by atoms with Crippen molar-refractivity contribution in [2.75, 3.05) is 0 Å². The van der Waals surface area contributed by atoms with Crippen molar-refractivity contribution in [2.24, 2.45) is 5.84 Å². The lowest BCUT2D eigenvalue weighted by molar-refractivity contribution is 0.543. The maximum Gasteiger partial charge on any atom is 0.124 e. The Balaban J connectivity index is 2.24. The Morgan fingerprint density at radius 2 is 1.95 bits per heavy atom. The van der Waals surface area contributed by atoms with Crippen molar-refractivity contribution in [3.05, 3.63) is 62.5 Å². The highest BCUT2D eigenvalue weighted by Crippen LogP contribution is 2.23. The van der Waals surface area contributed by atoms with E-state index >= 15 is 0 Å². The molecule has 0 bridgehead atoms. The van der Waals surface area contributed by atoms with Crippen LogP contribution in [-0.4, -0.2) is 4.98 Å². The maximum absolute atomic E-state index is 13.4. The van der Waals surface area contributed by atoms with Crippen LogP contribution in [0.5, 0.6) is 0 Å². The number of aromatic nitrogens is 1. The van der Waals surface area contributed by atoms with Gasteiger partial charge >= 0.3 is 0 Å². The van der Waals surface area contributed by atoms with E-state index in [9.17, 15) is 4.39 Å². The van der Waals surface area contributed by atoms with Crippen molar-refractivity contribution >= 4 is 31.9 Å². The van der Waals surface area contributed by atoms with Crippen LogP contribution in [0.1, 0.15) is 17.2 Å². The maximum atomic E-state index is 13.4. The van der Waals surface area contributed by atoms with Crippen LogP contribution in [0.25, 0.3) is 0 Å². The van der Waals surface area contributed by atoms with E-state index in [2.05, 4.69) is 42.3 Å². The molecule has 0 aliphatic heterocycles. The van der Waals surface area contributed by atoms with Gasteiger partial charge in [0.25, 0.3) is 0 Å². The normalized spacial score (nSPS) is 12.4. The highest BCUT2D eigenvalue weighted by atomic mass is 79.9. The molecule has 0 radical (unpaired) electrons. The monoisotopic (exact) mass is 387 g/mol. The SMILES string of the molecule is NNC(Cc1cncc(Br)c1)c1cc(F)cc(Br)c1. The van der Waals surface area contributed by atoms with E-state index in [-0.39, 0.29) is 11.9 Å². The molecule has 0 fully saturated rings. The highest BCUT2D eigenvalue weighted by Gasteiger charge is 2.13. The summed E-state index contributed by atoms with van der Waals surface area (Å²) in [6.07, 6.45) is 4.11. The number of nitrogens with one attached hydrogen (secondary N) is 1. The molecule has 1 unspecified atom stereocenters. The molecule has 0 aliphatic carbocycles. The summed E-state index contributed by atoms with van der Waals surface area (Å²) in [4.78, 5) is 4.10. The fraction of sp³-hybridized carbons (Fsp3) is 0.154. The van der Waals surface area contributed by atoms with E-state index in [0.29, 0.717) is 10.9 Å². The van der Waals surface area contributed by atoms with E-state index in [1.165, 1.54) is 12.1 Å². The second-order valence-electron chi connectivity index (χ2n) is 4.14. The van der Waals surface area contributed by atoms with Crippen molar-refractivity contribution < 1.29 is 4.39 Å². The van der Waals surface area contributed by atoms with Crippen molar-refractivity contribution in [1.82, 2.24) is 10.4 Å². The zero-order valence-electron chi connectivity index (χ0n) is 9.91. The lowest BCUT2D eigenvalue weighted by Gasteiger charge is -2.17. The molecule has 2 rings (SSSR count). The third-order valence-corrected chi connectivity index (χ3v) is 3.58. The van der Waals surface area contributed by atoms with Crippen LogP contribution in [0, 0.1) is 5.82 Å². The van der Waals surface area contributed by atoms with Crippen LogP contribution in [0.15, 0.2) is 45.6 Å². The van der Waals surface area contributed by atoms with Gasteiger partial charge < -0.3 is 0 Å². The largest absolute Gasteiger partial charge is 0.271 e. The van der Waals surface area contributed by atoms with E-state index in [1.807, 2.05) is 12.1 Å². The summed E-state index contributed by atoms with van der Waals surface area (Å²) in [6.45, 7) is 0. The number of nitrogens with two attached hydrogens (primary N) is 1. The summed E-state index contributed by atoms with van der Waals surface area (Å²) < 4.78 is 15.0. The molecule has 2 aromatic rings. The molecule has 3 N–H and O–H groups in total. The number of halogens is 3. The Kier molecular flexibility index (Phi) is 5.04. The van der Waals surface area contributed by atoms with E-state index < -0.39 is 0 Å². The molecule has 100 valence electrons. The molecule has 0 aliphatic rings. The number of nitrogens with zero attached hydrogens (tertiary/aromatic N) is 1. The lowest BCUT2D eigenvalue weighted by Crippen LogP contribution is -2.29. The summed E-state index contributed by atoms with van der Waals surface area (Å²) in [5.41, 5.74) is 4.51. The molecule has 6 heteroatoms. The quantitative estimate of drug-likeness (QED) is 0.622. The third-order valence-electron chi connectivity index (χ3n) is 2.69. The first-order valence-electron chi connectivity index (χ1n) is 5.60. The van der Waals surface area contributed by atoms with E-state index in [0.717, 1.165) is 15.6 Å². The summed E-state index contributed by atoms with van der Waals surface area (Å²) in [7, 11) is 0. The first kappa shape index (κ1) is 14.6. The number of rotatable bonds is 4. The van der Waals surface area contributed by atoms with Gasteiger partial charge in [-0.1, -0.05) is 15.9 Å². The minimum absolute atomic E-state index is 0.178. The fourth-order valence-electron chi connectivity index (χ4n) is 1.85. The van der Waals surface area contributed by atoms with Gasteiger partial charge in [-0.05, 0) is 57.7 Å². The molecule has 0 saturated carbocycles. The van der Waals surface area contributed by atoms with Crippen LogP contribution < -0.4 is 11.3 Å². The predicted octanol–water partition coefficient (Wildman–Crippen LogP) is 3.49. The third kappa shape index (κ3) is 4.07.